The number of esters is 1. The lowest BCUT2D eigenvalue weighted by atomic mass is 10.1. The van der Waals surface area contributed by atoms with Gasteiger partial charge in [0.2, 0.25) is 0 Å². The predicted octanol–water partition coefficient (Wildman–Crippen LogP) is 4.69. The van der Waals surface area contributed by atoms with E-state index in [1.807, 2.05) is 0 Å². The van der Waals surface area contributed by atoms with Crippen molar-refractivity contribution in [1.29, 1.82) is 0 Å². The Morgan fingerprint density at radius 2 is 1.53 bits per heavy atom. The monoisotopic (exact) mass is 469 g/mol. The van der Waals surface area contributed by atoms with Gasteiger partial charge in [-0.3, -0.25) is 9.59 Å². The molecule has 0 unspecified atom stereocenters. The highest BCUT2D eigenvalue weighted by Gasteiger charge is 2.16. The van der Waals surface area contributed by atoms with Crippen LogP contribution in [0.3, 0.4) is 0 Å². The maximum Gasteiger partial charge on any atom is 0.343 e. The van der Waals surface area contributed by atoms with Crippen molar-refractivity contribution in [1.82, 2.24) is 5.43 Å². The van der Waals surface area contributed by atoms with Crippen molar-refractivity contribution in [2.45, 2.75) is 6.92 Å². The van der Waals surface area contributed by atoms with Crippen molar-refractivity contribution in [3.05, 3.63) is 94.0 Å². The van der Waals surface area contributed by atoms with Crippen LogP contribution in [0.2, 0.25) is 10.0 Å². The minimum atomic E-state index is -0.974. The van der Waals surface area contributed by atoms with Crippen molar-refractivity contribution in [2.75, 3.05) is 5.32 Å². The number of hydrazone groups is 1. The number of ether oxygens (including phenoxy) is 1. The van der Waals surface area contributed by atoms with E-state index < -0.39 is 17.8 Å². The van der Waals surface area contributed by atoms with Gasteiger partial charge < -0.3 is 10.1 Å². The number of carbonyl (C=O) groups is 3. The summed E-state index contributed by atoms with van der Waals surface area (Å²) in [5.41, 5.74) is 3.62. The first-order chi connectivity index (χ1) is 15.3. The Kier molecular flexibility index (Phi) is 7.59. The van der Waals surface area contributed by atoms with Crippen LogP contribution in [0.15, 0.2) is 77.9 Å². The van der Waals surface area contributed by atoms with Crippen molar-refractivity contribution < 1.29 is 19.1 Å². The summed E-state index contributed by atoms with van der Waals surface area (Å²) < 4.78 is 5.47. The first kappa shape index (κ1) is 23.0. The quantitative estimate of drug-likeness (QED) is 0.186. The molecule has 9 heteroatoms. The van der Waals surface area contributed by atoms with Crippen LogP contribution in [-0.2, 0) is 9.59 Å². The molecule has 32 heavy (non-hydrogen) atoms. The van der Waals surface area contributed by atoms with Crippen molar-refractivity contribution in [3.8, 4) is 5.75 Å². The zero-order valence-electron chi connectivity index (χ0n) is 16.8. The van der Waals surface area contributed by atoms with E-state index in [0.717, 1.165) is 0 Å². The standard InChI is InChI=1S/C23H17Cl2N3O4/c1-14(27-28-22(30)21(29)26-18-9-5-8-17(25)13-18)19-10-2-3-11-20(19)32-23(31)15-6-4-7-16(24)12-15/h2-13H,1H3,(H,26,29)(H,28,30). The molecule has 0 radical (unpaired) electrons. The molecule has 3 rings (SSSR count). The molecule has 0 saturated heterocycles. The second-order valence-corrected chi connectivity index (χ2v) is 7.37. The van der Waals surface area contributed by atoms with Gasteiger partial charge >= 0.3 is 17.8 Å². The van der Waals surface area contributed by atoms with Gasteiger partial charge in [0, 0.05) is 21.3 Å². The molecule has 7 nitrogen and oxygen atoms in total. The fourth-order valence-corrected chi connectivity index (χ4v) is 3.01. The van der Waals surface area contributed by atoms with E-state index in [0.29, 0.717) is 27.0 Å². The Hall–Kier alpha value is -3.68. The number of rotatable bonds is 5. The smallest absolute Gasteiger partial charge is 0.343 e. The number of carbonyl (C=O) groups excluding carboxylic acids is 3. The number of nitrogens with zero attached hydrogens (tertiary/aromatic N) is 1. The summed E-state index contributed by atoms with van der Waals surface area (Å²) in [6.45, 7) is 1.60. The number of halogens is 2. The van der Waals surface area contributed by atoms with Gasteiger partial charge in [-0.2, -0.15) is 5.10 Å². The third-order valence-electron chi connectivity index (χ3n) is 4.15. The third-order valence-corrected chi connectivity index (χ3v) is 4.62. The lowest BCUT2D eigenvalue weighted by Gasteiger charge is -2.10. The van der Waals surface area contributed by atoms with Crippen molar-refractivity contribution >= 4 is 52.4 Å². The Bertz CT molecular complexity index is 1210. The predicted molar refractivity (Wildman–Crippen MR) is 123 cm³/mol. The van der Waals surface area contributed by atoms with E-state index >= 15 is 0 Å². The topological polar surface area (TPSA) is 96.9 Å². The van der Waals surface area contributed by atoms with E-state index in [1.54, 1.807) is 67.6 Å². The summed E-state index contributed by atoms with van der Waals surface area (Å²) in [6.07, 6.45) is 0. The van der Waals surface area contributed by atoms with Gasteiger partial charge in [-0.15, -0.1) is 0 Å². The molecule has 0 spiro atoms. The fraction of sp³-hybridized carbons (Fsp3) is 0.0435. The zero-order valence-corrected chi connectivity index (χ0v) is 18.3. The molecule has 0 aliphatic rings. The summed E-state index contributed by atoms with van der Waals surface area (Å²) in [4.78, 5) is 36.6. The summed E-state index contributed by atoms with van der Waals surface area (Å²) in [6, 6.07) is 19.4. The van der Waals surface area contributed by atoms with Crippen LogP contribution >= 0.6 is 23.2 Å². The second-order valence-electron chi connectivity index (χ2n) is 6.50. The lowest BCUT2D eigenvalue weighted by molar-refractivity contribution is -0.136. The minimum absolute atomic E-state index is 0.233. The number of hydrogen-bond donors (Lipinski definition) is 2. The van der Waals surface area contributed by atoms with Crippen LogP contribution in [0.5, 0.6) is 5.75 Å². The molecule has 0 heterocycles. The minimum Gasteiger partial charge on any atom is -0.422 e. The van der Waals surface area contributed by atoms with Crippen molar-refractivity contribution in [3.63, 3.8) is 0 Å². The van der Waals surface area contributed by atoms with Crippen LogP contribution < -0.4 is 15.5 Å². The normalized spacial score (nSPS) is 10.9. The first-order valence-electron chi connectivity index (χ1n) is 9.32. The molecule has 0 aliphatic heterocycles. The lowest BCUT2D eigenvalue weighted by Crippen LogP contribution is -2.33. The molecule has 2 amide bonds. The number of para-hydroxylation sites is 1. The Balaban J connectivity index is 1.69. The summed E-state index contributed by atoms with van der Waals surface area (Å²) >= 11 is 11.8. The average Bonchev–Trinajstić information content (AvgIpc) is 2.77. The summed E-state index contributed by atoms with van der Waals surface area (Å²) in [5.74, 6) is -2.25. The maximum atomic E-state index is 12.4. The van der Waals surface area contributed by atoms with E-state index in [1.165, 1.54) is 12.1 Å². The highest BCUT2D eigenvalue weighted by Crippen LogP contribution is 2.21. The maximum absolute atomic E-state index is 12.4. The molecule has 0 aromatic heterocycles. The highest BCUT2D eigenvalue weighted by atomic mass is 35.5. The Morgan fingerprint density at radius 1 is 0.844 bits per heavy atom. The van der Waals surface area contributed by atoms with Crippen LogP contribution in [0.4, 0.5) is 5.69 Å². The number of anilines is 1. The molecule has 3 aromatic rings. The molecular formula is C23H17Cl2N3O4. The number of nitrogens with one attached hydrogen (secondary N) is 2. The number of amides is 2. The molecule has 0 saturated carbocycles. The SMILES string of the molecule is CC(=NNC(=O)C(=O)Nc1cccc(Cl)c1)c1ccccc1OC(=O)c1cccc(Cl)c1. The van der Waals surface area contributed by atoms with Gasteiger partial charge in [0.15, 0.2) is 0 Å². The summed E-state index contributed by atoms with van der Waals surface area (Å²) in [7, 11) is 0. The molecule has 0 aliphatic carbocycles. The second kappa shape index (κ2) is 10.6. The average molecular weight is 470 g/mol. The molecule has 162 valence electrons. The van der Waals surface area contributed by atoms with Crippen LogP contribution in [-0.4, -0.2) is 23.5 Å². The number of benzene rings is 3. The molecule has 0 atom stereocenters. The van der Waals surface area contributed by atoms with Gasteiger partial charge in [-0.1, -0.05) is 47.5 Å². The van der Waals surface area contributed by atoms with Gasteiger partial charge in [0.1, 0.15) is 5.75 Å². The molecule has 0 bridgehead atoms. The largest absolute Gasteiger partial charge is 0.422 e. The fourth-order valence-electron chi connectivity index (χ4n) is 2.63. The highest BCUT2D eigenvalue weighted by molar-refractivity contribution is 6.40. The van der Waals surface area contributed by atoms with E-state index in [2.05, 4.69) is 15.8 Å². The van der Waals surface area contributed by atoms with Gasteiger partial charge in [0.05, 0.1) is 11.3 Å². The Labute approximate surface area is 194 Å². The third kappa shape index (κ3) is 6.16. The van der Waals surface area contributed by atoms with Crippen LogP contribution in [0.1, 0.15) is 22.8 Å². The van der Waals surface area contributed by atoms with E-state index in [-0.39, 0.29) is 11.3 Å². The van der Waals surface area contributed by atoms with Gasteiger partial charge in [0.25, 0.3) is 0 Å². The van der Waals surface area contributed by atoms with Gasteiger partial charge in [-0.05, 0) is 55.5 Å². The molecular weight excluding hydrogens is 453 g/mol. The van der Waals surface area contributed by atoms with Crippen molar-refractivity contribution in [2.24, 2.45) is 5.10 Å². The molecule has 3 aromatic carbocycles. The molecule has 0 fully saturated rings. The molecule has 2 N–H and O–H groups in total. The number of hydrogen-bond acceptors (Lipinski definition) is 5. The van der Waals surface area contributed by atoms with Gasteiger partial charge in [-0.25, -0.2) is 10.2 Å². The summed E-state index contributed by atoms with van der Waals surface area (Å²) in [5, 5.41) is 7.19. The Morgan fingerprint density at radius 3 is 2.25 bits per heavy atom. The van der Waals surface area contributed by atoms with E-state index in [4.69, 9.17) is 27.9 Å². The van der Waals surface area contributed by atoms with E-state index in [9.17, 15) is 14.4 Å². The van der Waals surface area contributed by atoms with Crippen LogP contribution in [0, 0.1) is 0 Å². The zero-order chi connectivity index (χ0) is 23.1. The first-order valence-corrected chi connectivity index (χ1v) is 10.1. The van der Waals surface area contributed by atoms with Crippen LogP contribution in [0.25, 0.3) is 0 Å².